The van der Waals surface area contributed by atoms with E-state index in [0.29, 0.717) is 0 Å². The molecule has 0 unspecified atom stereocenters. The quantitative estimate of drug-likeness (QED) is 0.656. The maximum absolute atomic E-state index is 3.56. The lowest BCUT2D eigenvalue weighted by Gasteiger charge is -2.15. The third kappa shape index (κ3) is 2.19. The van der Waals surface area contributed by atoms with Gasteiger partial charge in [0.25, 0.3) is 0 Å². The molecule has 0 heterocycles. The molecule has 0 radical (unpaired) electrons. The van der Waals surface area contributed by atoms with Crippen LogP contribution >= 0.6 is 0 Å². The standard InChI is InChI=1S/C18H17N/c1-13-12-15-8-6-7-11-17(15)18(14(13)2)19-16-9-4-3-5-10-16/h3-12,19H,1-2H3. The van der Waals surface area contributed by atoms with Gasteiger partial charge in [0.1, 0.15) is 0 Å². The lowest BCUT2D eigenvalue weighted by Crippen LogP contribution is -1.96. The second-order valence-corrected chi connectivity index (χ2v) is 4.91. The molecule has 0 aromatic heterocycles. The fourth-order valence-corrected chi connectivity index (χ4v) is 2.42. The summed E-state index contributed by atoms with van der Waals surface area (Å²) in [5.41, 5.74) is 4.96. The second-order valence-electron chi connectivity index (χ2n) is 4.91. The molecule has 0 saturated carbocycles. The number of anilines is 2. The van der Waals surface area contributed by atoms with Crippen LogP contribution in [0.2, 0.25) is 0 Å². The summed E-state index contributed by atoms with van der Waals surface area (Å²) in [5.74, 6) is 0. The van der Waals surface area contributed by atoms with Crippen molar-refractivity contribution in [1.29, 1.82) is 0 Å². The van der Waals surface area contributed by atoms with Gasteiger partial charge in [-0.3, -0.25) is 0 Å². The van der Waals surface area contributed by atoms with Crippen molar-refractivity contribution < 1.29 is 0 Å². The summed E-state index contributed by atoms with van der Waals surface area (Å²) in [7, 11) is 0. The predicted molar refractivity (Wildman–Crippen MR) is 83.1 cm³/mol. The van der Waals surface area contributed by atoms with E-state index in [0.717, 1.165) is 5.69 Å². The van der Waals surface area contributed by atoms with E-state index >= 15 is 0 Å². The van der Waals surface area contributed by atoms with E-state index in [2.05, 4.69) is 73.8 Å². The highest BCUT2D eigenvalue weighted by atomic mass is 14.9. The molecule has 3 aromatic carbocycles. The molecular formula is C18H17N. The number of benzene rings is 3. The Labute approximate surface area is 113 Å². The molecule has 94 valence electrons. The van der Waals surface area contributed by atoms with Gasteiger partial charge in [-0.05, 0) is 42.5 Å². The zero-order chi connectivity index (χ0) is 13.2. The average Bonchev–Trinajstić information content (AvgIpc) is 2.45. The first-order chi connectivity index (χ1) is 9.25. The Bertz CT molecular complexity index is 714. The molecule has 0 bridgehead atoms. The molecular weight excluding hydrogens is 230 g/mol. The van der Waals surface area contributed by atoms with Gasteiger partial charge in [-0.1, -0.05) is 48.5 Å². The van der Waals surface area contributed by atoms with Crippen LogP contribution in [0, 0.1) is 13.8 Å². The minimum absolute atomic E-state index is 1.13. The van der Waals surface area contributed by atoms with Gasteiger partial charge >= 0.3 is 0 Å². The fourth-order valence-electron chi connectivity index (χ4n) is 2.42. The first-order valence-corrected chi connectivity index (χ1v) is 6.57. The van der Waals surface area contributed by atoms with Gasteiger partial charge in [-0.25, -0.2) is 0 Å². The summed E-state index contributed by atoms with van der Waals surface area (Å²) in [6, 6.07) is 21.1. The van der Waals surface area contributed by atoms with Gasteiger partial charge in [0.15, 0.2) is 0 Å². The number of rotatable bonds is 2. The Balaban J connectivity index is 2.19. The van der Waals surface area contributed by atoms with Crippen molar-refractivity contribution in [2.24, 2.45) is 0 Å². The Hall–Kier alpha value is -2.28. The molecule has 0 atom stereocenters. The molecule has 1 nitrogen and oxygen atoms in total. The minimum Gasteiger partial charge on any atom is -0.355 e. The Morgan fingerprint density at radius 3 is 2.26 bits per heavy atom. The van der Waals surface area contributed by atoms with Crippen molar-refractivity contribution in [2.45, 2.75) is 13.8 Å². The summed E-state index contributed by atoms with van der Waals surface area (Å²) < 4.78 is 0. The molecule has 0 saturated heterocycles. The highest BCUT2D eigenvalue weighted by Crippen LogP contribution is 2.32. The molecule has 0 amide bonds. The highest BCUT2D eigenvalue weighted by Gasteiger charge is 2.07. The number of para-hydroxylation sites is 1. The van der Waals surface area contributed by atoms with Crippen LogP contribution in [0.4, 0.5) is 11.4 Å². The molecule has 3 rings (SSSR count). The van der Waals surface area contributed by atoms with E-state index in [1.165, 1.54) is 27.6 Å². The van der Waals surface area contributed by atoms with Crippen LogP contribution in [0.15, 0.2) is 60.7 Å². The van der Waals surface area contributed by atoms with Gasteiger partial charge in [0.2, 0.25) is 0 Å². The lowest BCUT2D eigenvalue weighted by atomic mass is 9.99. The van der Waals surface area contributed by atoms with Crippen molar-refractivity contribution in [3.05, 3.63) is 71.8 Å². The maximum atomic E-state index is 3.56. The number of nitrogens with one attached hydrogen (secondary N) is 1. The molecule has 1 N–H and O–H groups in total. The monoisotopic (exact) mass is 247 g/mol. The molecule has 3 aromatic rings. The minimum atomic E-state index is 1.13. The Morgan fingerprint density at radius 2 is 1.47 bits per heavy atom. The SMILES string of the molecule is Cc1cc2ccccc2c(Nc2ccccc2)c1C. The van der Waals surface area contributed by atoms with E-state index < -0.39 is 0 Å². The van der Waals surface area contributed by atoms with E-state index in [1.54, 1.807) is 0 Å². The number of hydrogen-bond acceptors (Lipinski definition) is 1. The van der Waals surface area contributed by atoms with Gasteiger partial charge in [0.05, 0.1) is 0 Å². The van der Waals surface area contributed by atoms with Crippen LogP contribution in [-0.2, 0) is 0 Å². The average molecular weight is 247 g/mol. The van der Waals surface area contributed by atoms with Crippen molar-refractivity contribution in [2.75, 3.05) is 5.32 Å². The van der Waals surface area contributed by atoms with Crippen LogP contribution < -0.4 is 5.32 Å². The lowest BCUT2D eigenvalue weighted by molar-refractivity contribution is 1.35. The van der Waals surface area contributed by atoms with Crippen molar-refractivity contribution in [3.8, 4) is 0 Å². The third-order valence-electron chi connectivity index (χ3n) is 3.61. The molecule has 1 heteroatoms. The molecule has 0 aliphatic carbocycles. The molecule has 19 heavy (non-hydrogen) atoms. The largest absolute Gasteiger partial charge is 0.355 e. The summed E-state index contributed by atoms with van der Waals surface area (Å²) in [5, 5.41) is 6.11. The first kappa shape index (κ1) is 11.8. The van der Waals surface area contributed by atoms with Crippen LogP contribution in [0.3, 0.4) is 0 Å². The maximum Gasteiger partial charge on any atom is 0.0496 e. The Morgan fingerprint density at radius 1 is 0.789 bits per heavy atom. The molecule has 0 aliphatic rings. The number of fused-ring (bicyclic) bond motifs is 1. The zero-order valence-electron chi connectivity index (χ0n) is 11.3. The van der Waals surface area contributed by atoms with E-state index in [-0.39, 0.29) is 0 Å². The molecule has 0 fully saturated rings. The van der Waals surface area contributed by atoms with Gasteiger partial charge in [-0.15, -0.1) is 0 Å². The van der Waals surface area contributed by atoms with Gasteiger partial charge in [0, 0.05) is 16.8 Å². The summed E-state index contributed by atoms with van der Waals surface area (Å²) >= 11 is 0. The van der Waals surface area contributed by atoms with Crippen molar-refractivity contribution in [3.63, 3.8) is 0 Å². The summed E-state index contributed by atoms with van der Waals surface area (Å²) in [6.07, 6.45) is 0. The topological polar surface area (TPSA) is 12.0 Å². The van der Waals surface area contributed by atoms with Gasteiger partial charge < -0.3 is 5.32 Å². The summed E-state index contributed by atoms with van der Waals surface area (Å²) in [4.78, 5) is 0. The van der Waals surface area contributed by atoms with Crippen molar-refractivity contribution in [1.82, 2.24) is 0 Å². The number of aryl methyl sites for hydroxylation is 1. The normalized spacial score (nSPS) is 10.6. The van der Waals surface area contributed by atoms with Crippen LogP contribution in [0.1, 0.15) is 11.1 Å². The Kier molecular flexibility index (Phi) is 2.96. The van der Waals surface area contributed by atoms with Crippen LogP contribution in [0.25, 0.3) is 10.8 Å². The highest BCUT2D eigenvalue weighted by molar-refractivity contribution is 5.97. The van der Waals surface area contributed by atoms with Crippen LogP contribution in [-0.4, -0.2) is 0 Å². The molecule has 0 spiro atoms. The fraction of sp³-hybridized carbons (Fsp3) is 0.111. The summed E-state index contributed by atoms with van der Waals surface area (Å²) in [6.45, 7) is 4.34. The molecule has 0 aliphatic heterocycles. The second kappa shape index (κ2) is 4.77. The van der Waals surface area contributed by atoms with E-state index in [1.807, 2.05) is 6.07 Å². The first-order valence-electron chi connectivity index (χ1n) is 6.57. The smallest absolute Gasteiger partial charge is 0.0496 e. The van der Waals surface area contributed by atoms with Crippen LogP contribution in [0.5, 0.6) is 0 Å². The zero-order valence-corrected chi connectivity index (χ0v) is 11.3. The third-order valence-corrected chi connectivity index (χ3v) is 3.61. The van der Waals surface area contributed by atoms with E-state index in [4.69, 9.17) is 0 Å². The van der Waals surface area contributed by atoms with Crippen molar-refractivity contribution >= 4 is 22.1 Å². The number of hydrogen-bond donors (Lipinski definition) is 1. The van der Waals surface area contributed by atoms with Gasteiger partial charge in [-0.2, -0.15) is 0 Å². The predicted octanol–water partition coefficient (Wildman–Crippen LogP) is 5.20. The van der Waals surface area contributed by atoms with E-state index in [9.17, 15) is 0 Å².